The first-order valence-electron chi connectivity index (χ1n) is 4.02. The highest BCUT2D eigenvalue weighted by Gasteiger charge is 2.33. The molecule has 0 spiro atoms. The Morgan fingerprint density at radius 2 is 2.00 bits per heavy atom. The second kappa shape index (κ2) is 3.54. The Morgan fingerprint density at radius 3 is 2.54 bits per heavy atom. The van der Waals surface area contributed by atoms with Crippen molar-refractivity contribution in [3.63, 3.8) is 0 Å². The van der Waals surface area contributed by atoms with E-state index in [-0.39, 0.29) is 12.8 Å². The van der Waals surface area contributed by atoms with E-state index in [4.69, 9.17) is 0 Å². The van der Waals surface area contributed by atoms with E-state index in [0.717, 1.165) is 6.08 Å². The lowest BCUT2D eigenvalue weighted by molar-refractivity contribution is -0.0931. The van der Waals surface area contributed by atoms with Gasteiger partial charge in [-0.3, -0.25) is 0 Å². The molecule has 0 fully saturated rings. The van der Waals surface area contributed by atoms with Gasteiger partial charge in [-0.25, -0.2) is 0 Å². The van der Waals surface area contributed by atoms with E-state index in [1.165, 1.54) is 6.08 Å². The minimum atomic E-state index is -4.26. The molecule has 74 valence electrons. The summed E-state index contributed by atoms with van der Waals surface area (Å²) >= 11 is 0. The van der Waals surface area contributed by atoms with Crippen LogP contribution in [0.15, 0.2) is 23.3 Å². The normalized spacial score (nSPS) is 24.8. The minimum absolute atomic E-state index is 0.0528. The average Bonchev–Trinajstić information content (AvgIpc) is 2.14. The third-order valence-electron chi connectivity index (χ3n) is 2.12. The molecule has 0 aromatic heterocycles. The molecule has 0 aliphatic heterocycles. The summed E-state index contributed by atoms with van der Waals surface area (Å²) in [5, 5.41) is 9.26. The summed E-state index contributed by atoms with van der Waals surface area (Å²) in [6, 6.07) is 0. The third-order valence-corrected chi connectivity index (χ3v) is 2.12. The molecule has 0 aromatic carbocycles. The molecule has 1 aliphatic carbocycles. The molecule has 0 amide bonds. The van der Waals surface area contributed by atoms with Crippen LogP contribution in [-0.4, -0.2) is 17.4 Å². The van der Waals surface area contributed by atoms with Gasteiger partial charge in [-0.15, -0.1) is 0 Å². The maximum atomic E-state index is 12.2. The van der Waals surface area contributed by atoms with Gasteiger partial charge in [-0.05, 0) is 25.3 Å². The van der Waals surface area contributed by atoms with Crippen LogP contribution in [0.4, 0.5) is 13.2 Å². The highest BCUT2D eigenvalue weighted by atomic mass is 19.4. The Hall–Kier alpha value is -0.770. The summed E-state index contributed by atoms with van der Waals surface area (Å²) in [4.78, 5) is 0. The predicted octanol–water partition coefficient (Wildman–Crippen LogP) is 2.58. The molecule has 0 bridgehead atoms. The smallest absolute Gasteiger partial charge is 0.388 e. The quantitative estimate of drug-likeness (QED) is 0.585. The van der Waals surface area contributed by atoms with Crippen LogP contribution in [0.5, 0.6) is 0 Å². The average molecular weight is 192 g/mol. The fourth-order valence-corrected chi connectivity index (χ4v) is 1.16. The van der Waals surface area contributed by atoms with Crippen LogP contribution in [0, 0.1) is 0 Å². The molecule has 1 rings (SSSR count). The van der Waals surface area contributed by atoms with Crippen molar-refractivity contribution in [1.29, 1.82) is 0 Å². The van der Waals surface area contributed by atoms with E-state index in [1.54, 1.807) is 6.92 Å². The van der Waals surface area contributed by atoms with Gasteiger partial charge in [0.25, 0.3) is 0 Å². The molecule has 1 aliphatic rings. The summed E-state index contributed by atoms with van der Waals surface area (Å²) in [7, 11) is 0. The van der Waals surface area contributed by atoms with Crippen LogP contribution >= 0.6 is 0 Å². The van der Waals surface area contributed by atoms with Gasteiger partial charge in [0.15, 0.2) is 0 Å². The van der Waals surface area contributed by atoms with Crippen molar-refractivity contribution in [3.05, 3.63) is 23.3 Å². The lowest BCUT2D eigenvalue weighted by Gasteiger charge is -2.08. The van der Waals surface area contributed by atoms with Crippen molar-refractivity contribution in [1.82, 2.24) is 0 Å². The Labute approximate surface area is 74.6 Å². The fourth-order valence-electron chi connectivity index (χ4n) is 1.16. The molecule has 1 N–H and O–H groups in total. The molecular formula is C9H11F3O. The monoisotopic (exact) mass is 192 g/mol. The van der Waals surface area contributed by atoms with Crippen LogP contribution in [0.25, 0.3) is 0 Å². The molecule has 4 heteroatoms. The number of hydrogen-bond acceptors (Lipinski definition) is 1. The summed E-state index contributed by atoms with van der Waals surface area (Å²) in [6.45, 7) is 1.64. The van der Waals surface area contributed by atoms with Gasteiger partial charge in [0.1, 0.15) is 0 Å². The van der Waals surface area contributed by atoms with Crippen molar-refractivity contribution in [2.24, 2.45) is 0 Å². The Bertz CT molecular complexity index is 250. The first-order chi connectivity index (χ1) is 5.91. The van der Waals surface area contributed by atoms with Crippen LogP contribution in [0.2, 0.25) is 0 Å². The predicted molar refractivity (Wildman–Crippen MR) is 43.1 cm³/mol. The standard InChI is InChI=1S/C9H11F3O/c1-6-2-3-7(9(10,11)12)4-5-8(6)13/h2,4,8,13H,3,5H2,1H3. The van der Waals surface area contributed by atoms with Gasteiger partial charge in [0, 0.05) is 5.57 Å². The van der Waals surface area contributed by atoms with E-state index in [9.17, 15) is 18.3 Å². The van der Waals surface area contributed by atoms with Crippen LogP contribution < -0.4 is 0 Å². The SMILES string of the molecule is CC1=CCC(C(F)(F)F)=CCC1O. The zero-order valence-electron chi connectivity index (χ0n) is 7.23. The second-order valence-corrected chi connectivity index (χ2v) is 3.13. The number of halogens is 3. The molecule has 0 aromatic rings. The van der Waals surface area contributed by atoms with Gasteiger partial charge in [0.05, 0.1) is 6.10 Å². The number of hydrogen-bond donors (Lipinski definition) is 1. The van der Waals surface area contributed by atoms with Crippen molar-refractivity contribution in [2.45, 2.75) is 32.0 Å². The molecule has 13 heavy (non-hydrogen) atoms. The van der Waals surface area contributed by atoms with Gasteiger partial charge in [-0.1, -0.05) is 12.2 Å². The zero-order chi connectivity index (χ0) is 10.1. The van der Waals surface area contributed by atoms with Crippen molar-refractivity contribution in [2.75, 3.05) is 0 Å². The lowest BCUT2D eigenvalue weighted by Crippen LogP contribution is -2.11. The Morgan fingerprint density at radius 1 is 1.38 bits per heavy atom. The molecule has 0 heterocycles. The van der Waals surface area contributed by atoms with E-state index in [0.29, 0.717) is 5.57 Å². The minimum Gasteiger partial charge on any atom is -0.388 e. The number of allylic oxidation sites excluding steroid dienone is 2. The maximum Gasteiger partial charge on any atom is 0.412 e. The number of aliphatic hydroxyl groups excluding tert-OH is 1. The maximum absolute atomic E-state index is 12.2. The Balaban J connectivity index is 2.82. The topological polar surface area (TPSA) is 20.2 Å². The number of alkyl halides is 3. The summed E-state index contributed by atoms with van der Waals surface area (Å²) in [5.41, 5.74) is 0.0406. The fraction of sp³-hybridized carbons (Fsp3) is 0.556. The first-order valence-corrected chi connectivity index (χ1v) is 4.02. The Kier molecular flexibility index (Phi) is 2.81. The largest absolute Gasteiger partial charge is 0.412 e. The summed E-state index contributed by atoms with van der Waals surface area (Å²) in [6.07, 6.45) is -2.61. The molecule has 1 nitrogen and oxygen atoms in total. The van der Waals surface area contributed by atoms with Crippen molar-refractivity contribution in [3.8, 4) is 0 Å². The van der Waals surface area contributed by atoms with E-state index in [1.807, 2.05) is 0 Å². The molecule has 0 saturated carbocycles. The van der Waals surface area contributed by atoms with Gasteiger partial charge < -0.3 is 5.11 Å². The van der Waals surface area contributed by atoms with E-state index < -0.39 is 17.9 Å². The van der Waals surface area contributed by atoms with Crippen LogP contribution in [-0.2, 0) is 0 Å². The van der Waals surface area contributed by atoms with Gasteiger partial charge >= 0.3 is 6.18 Å². The molecular weight excluding hydrogens is 181 g/mol. The molecule has 1 atom stereocenters. The third kappa shape index (κ3) is 2.59. The molecule has 1 unspecified atom stereocenters. The van der Waals surface area contributed by atoms with Crippen LogP contribution in [0.1, 0.15) is 19.8 Å². The van der Waals surface area contributed by atoms with Gasteiger partial charge in [-0.2, -0.15) is 13.2 Å². The van der Waals surface area contributed by atoms with E-state index in [2.05, 4.69) is 0 Å². The van der Waals surface area contributed by atoms with Gasteiger partial charge in [0.2, 0.25) is 0 Å². The van der Waals surface area contributed by atoms with Crippen LogP contribution in [0.3, 0.4) is 0 Å². The molecule has 0 radical (unpaired) electrons. The lowest BCUT2D eigenvalue weighted by atomic mass is 10.1. The number of aliphatic hydroxyl groups is 1. The summed E-state index contributed by atoms with van der Waals surface area (Å²) in [5.74, 6) is 0. The first kappa shape index (κ1) is 10.3. The zero-order valence-corrected chi connectivity index (χ0v) is 7.23. The summed E-state index contributed by atoms with van der Waals surface area (Å²) < 4.78 is 36.6. The highest BCUT2D eigenvalue weighted by Crippen LogP contribution is 2.31. The molecule has 0 saturated heterocycles. The van der Waals surface area contributed by atoms with E-state index >= 15 is 0 Å². The van der Waals surface area contributed by atoms with Crippen molar-refractivity contribution >= 4 is 0 Å². The highest BCUT2D eigenvalue weighted by molar-refractivity contribution is 5.21. The number of rotatable bonds is 0. The van der Waals surface area contributed by atoms with Crippen molar-refractivity contribution < 1.29 is 18.3 Å². The second-order valence-electron chi connectivity index (χ2n) is 3.13.